The fourth-order valence-electron chi connectivity index (χ4n) is 6.49. The summed E-state index contributed by atoms with van der Waals surface area (Å²) in [6.45, 7) is 4.84. The van der Waals surface area contributed by atoms with Gasteiger partial charge in [0.15, 0.2) is 0 Å². The Morgan fingerprint density at radius 3 is 2.18 bits per heavy atom. The Kier molecular flexibility index (Phi) is 10.9. The molecule has 0 saturated carbocycles. The van der Waals surface area contributed by atoms with E-state index in [-0.39, 0.29) is 30.6 Å². The Balaban J connectivity index is 1.15. The number of ether oxygens (including phenoxy) is 1. The van der Waals surface area contributed by atoms with E-state index in [0.717, 1.165) is 42.6 Å². The predicted octanol–water partition coefficient (Wildman–Crippen LogP) is 5.44. The van der Waals surface area contributed by atoms with E-state index >= 15 is 0 Å². The highest BCUT2D eigenvalue weighted by Gasteiger charge is 2.41. The van der Waals surface area contributed by atoms with Crippen LogP contribution in [-0.4, -0.2) is 85.8 Å². The van der Waals surface area contributed by atoms with Gasteiger partial charge in [-0.3, -0.25) is 9.69 Å². The van der Waals surface area contributed by atoms with Crippen LogP contribution in [0.2, 0.25) is 0 Å². The number of nitrogens with zero attached hydrogens (tertiary/aromatic N) is 3. The number of carbonyl (C=O) groups is 2. The molecule has 2 atom stereocenters. The molecule has 2 fully saturated rings. The average molecular weight is 682 g/mol. The van der Waals surface area contributed by atoms with E-state index in [2.05, 4.69) is 22.5 Å². The summed E-state index contributed by atoms with van der Waals surface area (Å²) in [7, 11) is -4.06. The monoisotopic (exact) mass is 681 g/mol. The van der Waals surface area contributed by atoms with Crippen LogP contribution in [-0.2, 0) is 21.4 Å². The summed E-state index contributed by atoms with van der Waals surface area (Å²) in [6, 6.07) is 32.1. The van der Waals surface area contributed by atoms with E-state index in [4.69, 9.17) is 4.74 Å². The van der Waals surface area contributed by atoms with Crippen LogP contribution >= 0.6 is 0 Å². The van der Waals surface area contributed by atoms with Gasteiger partial charge >= 0.3 is 6.03 Å². The molecule has 2 aliphatic heterocycles. The molecule has 10 nitrogen and oxygen atoms in total. The number of carbonyl (C=O) groups excluding carboxylic acids is 2. The van der Waals surface area contributed by atoms with Gasteiger partial charge in [-0.2, -0.15) is 4.31 Å². The van der Waals surface area contributed by atoms with Crippen molar-refractivity contribution in [1.29, 1.82) is 0 Å². The summed E-state index contributed by atoms with van der Waals surface area (Å²) < 4.78 is 35.2. The number of benzene rings is 4. The van der Waals surface area contributed by atoms with Gasteiger partial charge in [-0.25, -0.2) is 13.2 Å². The van der Waals surface area contributed by atoms with Crippen LogP contribution in [0.5, 0.6) is 5.75 Å². The first-order valence-corrected chi connectivity index (χ1v) is 18.3. The first-order valence-electron chi connectivity index (χ1n) is 16.8. The van der Waals surface area contributed by atoms with Crippen molar-refractivity contribution in [3.8, 4) is 16.9 Å². The van der Waals surface area contributed by atoms with Gasteiger partial charge in [-0.1, -0.05) is 79.7 Å². The minimum Gasteiger partial charge on any atom is -0.489 e. The Morgan fingerprint density at radius 2 is 1.49 bits per heavy atom. The van der Waals surface area contributed by atoms with Crippen molar-refractivity contribution in [1.82, 2.24) is 19.4 Å². The summed E-state index contributed by atoms with van der Waals surface area (Å²) in [4.78, 5) is 31.2. The molecule has 0 aromatic heterocycles. The van der Waals surface area contributed by atoms with E-state index in [1.807, 2.05) is 60.7 Å². The number of sulfonamides is 1. The Hall–Kier alpha value is -4.71. The first-order chi connectivity index (χ1) is 23.8. The molecule has 0 unspecified atom stereocenters. The maximum absolute atomic E-state index is 14.1. The molecule has 6 rings (SSSR count). The molecule has 2 aliphatic rings. The molecule has 0 aliphatic carbocycles. The lowest BCUT2D eigenvalue weighted by Gasteiger charge is -2.39. The maximum atomic E-state index is 14.1. The summed E-state index contributed by atoms with van der Waals surface area (Å²) in [5, 5.41) is 5.92. The number of urea groups is 1. The smallest absolute Gasteiger partial charge is 0.321 e. The van der Waals surface area contributed by atoms with Crippen LogP contribution in [0.3, 0.4) is 0 Å². The number of piperazine rings is 1. The van der Waals surface area contributed by atoms with Crippen molar-refractivity contribution < 1.29 is 22.7 Å². The van der Waals surface area contributed by atoms with E-state index in [1.54, 1.807) is 48.5 Å². The summed E-state index contributed by atoms with van der Waals surface area (Å²) >= 11 is 0. The second-order valence-corrected chi connectivity index (χ2v) is 14.3. The van der Waals surface area contributed by atoms with Crippen LogP contribution in [0, 0.1) is 0 Å². The number of hydrogen-bond donors (Lipinski definition) is 2. The summed E-state index contributed by atoms with van der Waals surface area (Å²) in [5.74, 6) is 0.253. The van der Waals surface area contributed by atoms with Crippen molar-refractivity contribution in [3.05, 3.63) is 115 Å². The molecule has 3 amide bonds. The molecule has 4 aromatic rings. The second kappa shape index (κ2) is 15.7. The third-order valence-electron chi connectivity index (χ3n) is 9.26. The number of rotatable bonds is 11. The van der Waals surface area contributed by atoms with Crippen molar-refractivity contribution in [2.24, 2.45) is 0 Å². The topological polar surface area (TPSA) is 111 Å². The van der Waals surface area contributed by atoms with E-state index in [0.29, 0.717) is 24.6 Å². The number of amides is 3. The SMILES string of the molecule is CCN1CCC[C@H]1CNC(=O)[C@@H]1CN(C(=O)Nc2ccc(OCc3ccccc3)cc2)CCN1S(=O)(=O)c1ccc(-c2ccccc2)cc1. The molecule has 0 spiro atoms. The molecule has 4 aromatic carbocycles. The standard InChI is InChI=1S/C38H43N5O5S/c1-2-41-23-9-14-33(41)26-39-37(44)36-27-42(38(45)40-32-17-19-34(20-18-32)48-28-29-10-5-3-6-11-29)24-25-43(36)49(46,47)35-21-15-31(16-22-35)30-12-7-4-8-13-30/h3-8,10-13,15-22,33,36H,2,9,14,23-28H2,1H3,(H,39,44)(H,40,45)/t33-,36-/m0/s1. The molecule has 256 valence electrons. The number of nitrogens with one attached hydrogen (secondary N) is 2. The highest BCUT2D eigenvalue weighted by Crippen LogP contribution is 2.26. The lowest BCUT2D eigenvalue weighted by atomic mass is 10.1. The zero-order chi connectivity index (χ0) is 34.2. The van der Waals surface area contributed by atoms with Gasteiger partial charge < -0.3 is 20.3 Å². The molecule has 2 N–H and O–H groups in total. The molecule has 11 heteroatoms. The zero-order valence-corrected chi connectivity index (χ0v) is 28.5. The van der Waals surface area contributed by atoms with E-state index in [1.165, 1.54) is 9.21 Å². The van der Waals surface area contributed by atoms with Crippen molar-refractivity contribution >= 4 is 27.6 Å². The van der Waals surface area contributed by atoms with Crippen molar-refractivity contribution in [2.75, 3.05) is 44.6 Å². The summed E-state index contributed by atoms with van der Waals surface area (Å²) in [6.07, 6.45) is 2.03. The largest absolute Gasteiger partial charge is 0.489 e. The lowest BCUT2D eigenvalue weighted by molar-refractivity contribution is -0.126. The maximum Gasteiger partial charge on any atom is 0.321 e. The summed E-state index contributed by atoms with van der Waals surface area (Å²) in [5.41, 5.74) is 3.48. The van der Waals surface area contributed by atoms with Crippen molar-refractivity contribution in [2.45, 2.75) is 43.4 Å². The molecule has 2 heterocycles. The van der Waals surface area contributed by atoms with Crippen LogP contribution in [0.25, 0.3) is 11.1 Å². The number of likely N-dealkylation sites (N-methyl/N-ethyl adjacent to an activating group) is 1. The van der Waals surface area contributed by atoms with Crippen LogP contribution < -0.4 is 15.4 Å². The quantitative estimate of drug-likeness (QED) is 0.218. The number of anilines is 1. The van der Waals surface area contributed by atoms with Gasteiger partial charge in [0.2, 0.25) is 15.9 Å². The first kappa shape index (κ1) is 34.2. The Morgan fingerprint density at radius 1 is 0.816 bits per heavy atom. The predicted molar refractivity (Wildman–Crippen MR) is 191 cm³/mol. The van der Waals surface area contributed by atoms with Gasteiger partial charge in [-0.05, 0) is 79.0 Å². The van der Waals surface area contributed by atoms with Gasteiger partial charge in [0.1, 0.15) is 18.4 Å². The molecule has 0 bridgehead atoms. The van der Waals surface area contributed by atoms with Crippen LogP contribution in [0.15, 0.2) is 114 Å². The Bertz CT molecular complexity index is 1810. The van der Waals surface area contributed by atoms with Crippen LogP contribution in [0.4, 0.5) is 10.5 Å². The average Bonchev–Trinajstić information content (AvgIpc) is 3.62. The van der Waals surface area contributed by atoms with Crippen molar-refractivity contribution in [3.63, 3.8) is 0 Å². The highest BCUT2D eigenvalue weighted by atomic mass is 32.2. The Labute approximate surface area is 288 Å². The normalized spacial score (nSPS) is 18.6. The third kappa shape index (κ3) is 8.30. The van der Waals surface area contributed by atoms with Gasteiger partial charge in [-0.15, -0.1) is 0 Å². The second-order valence-electron chi connectivity index (χ2n) is 12.4. The number of likely N-dealkylation sites (tertiary alicyclic amines) is 1. The molecular formula is C38H43N5O5S. The van der Waals surface area contributed by atoms with Gasteiger partial charge in [0, 0.05) is 37.9 Å². The molecule has 2 saturated heterocycles. The molecule has 0 radical (unpaired) electrons. The fourth-order valence-corrected chi connectivity index (χ4v) is 8.06. The minimum atomic E-state index is -4.06. The minimum absolute atomic E-state index is 0.0228. The third-order valence-corrected chi connectivity index (χ3v) is 11.2. The van der Waals surface area contributed by atoms with E-state index in [9.17, 15) is 18.0 Å². The molecule has 49 heavy (non-hydrogen) atoms. The van der Waals surface area contributed by atoms with E-state index < -0.39 is 28.0 Å². The highest BCUT2D eigenvalue weighted by molar-refractivity contribution is 7.89. The fraction of sp³-hybridized carbons (Fsp3) is 0.316. The zero-order valence-electron chi connectivity index (χ0n) is 27.7. The molecular weight excluding hydrogens is 639 g/mol. The lowest BCUT2D eigenvalue weighted by Crippen LogP contribution is -2.62. The van der Waals surface area contributed by atoms with Gasteiger partial charge in [0.25, 0.3) is 0 Å². The van der Waals surface area contributed by atoms with Gasteiger partial charge in [0.05, 0.1) is 4.90 Å². The number of hydrogen-bond acceptors (Lipinski definition) is 6. The van der Waals surface area contributed by atoms with Crippen LogP contribution in [0.1, 0.15) is 25.3 Å².